The summed E-state index contributed by atoms with van der Waals surface area (Å²) in [4.78, 5) is 4.08. The molecule has 0 radical (unpaired) electrons. The van der Waals surface area contributed by atoms with Crippen molar-refractivity contribution in [3.8, 4) is 0 Å². The van der Waals surface area contributed by atoms with Gasteiger partial charge in [-0.25, -0.2) is 13.6 Å². The summed E-state index contributed by atoms with van der Waals surface area (Å²) in [5.74, 6) is 0. The highest BCUT2D eigenvalue weighted by atomic mass is 35.5. The maximum atomic E-state index is 8.81. The molecule has 15 heavy (non-hydrogen) atoms. The van der Waals surface area contributed by atoms with Crippen LogP contribution in [0, 0.1) is 13.8 Å². The van der Waals surface area contributed by atoms with Crippen LogP contribution in [0.2, 0.25) is 0 Å². The van der Waals surface area contributed by atoms with Gasteiger partial charge in [0.05, 0.1) is 0 Å². The van der Waals surface area contributed by atoms with Crippen molar-refractivity contribution in [3.05, 3.63) is 29.6 Å². The van der Waals surface area contributed by atoms with Crippen LogP contribution in [0.4, 0.5) is 0 Å². The molecule has 0 spiro atoms. The first-order valence-electron chi connectivity index (χ1n) is 3.31. The topological polar surface area (TPSA) is 73.0 Å². The second-order valence-electron chi connectivity index (χ2n) is 2.19. The highest BCUT2D eigenvalue weighted by Gasteiger charge is 1.85. The number of halogens is 3. The first-order chi connectivity index (χ1) is 5.54. The Bertz CT molecular complexity index is 292. The fourth-order valence-corrected chi connectivity index (χ4v) is 0.565. The molecule has 0 fully saturated rings. The fourth-order valence-electron chi connectivity index (χ4n) is 0.565. The van der Waals surface area contributed by atoms with Crippen LogP contribution >= 0.6 is 37.2 Å². The van der Waals surface area contributed by atoms with E-state index in [1.165, 1.54) is 5.56 Å². The van der Waals surface area contributed by atoms with Gasteiger partial charge in [0.25, 0.3) is 0 Å². The maximum Gasteiger partial charge on any atom is 0.198 e. The Hall–Kier alpha value is -0.0700. The van der Waals surface area contributed by atoms with Gasteiger partial charge in [-0.15, -0.1) is 37.2 Å². The van der Waals surface area contributed by atoms with E-state index in [2.05, 4.69) is 23.1 Å². The highest BCUT2D eigenvalue weighted by molar-refractivity contribution is 7.69. The Morgan fingerprint density at radius 2 is 1.60 bits per heavy atom. The quantitative estimate of drug-likeness (QED) is 0.712. The van der Waals surface area contributed by atoms with Gasteiger partial charge in [0.1, 0.15) is 0 Å². The smallest absolute Gasteiger partial charge is 0.198 e. The van der Waals surface area contributed by atoms with Gasteiger partial charge in [-0.2, -0.15) is 0 Å². The van der Waals surface area contributed by atoms with Crippen molar-refractivity contribution in [2.24, 2.45) is 5.14 Å². The Morgan fingerprint density at radius 1 is 1.20 bits per heavy atom. The third-order valence-electron chi connectivity index (χ3n) is 1.27. The van der Waals surface area contributed by atoms with Crippen LogP contribution in [0.25, 0.3) is 0 Å². The lowest BCUT2D eigenvalue weighted by Crippen LogP contribution is -1.85. The second-order valence-corrected chi connectivity index (χ2v) is 2.76. The van der Waals surface area contributed by atoms with Crippen molar-refractivity contribution in [2.75, 3.05) is 0 Å². The molecule has 0 amide bonds. The highest BCUT2D eigenvalue weighted by Crippen LogP contribution is 1.98. The third-order valence-corrected chi connectivity index (χ3v) is 1.27. The SMILES string of the molecule is Cc1cccnc1C.Cl.Cl.Cl.N[SH](=O)=O. The van der Waals surface area contributed by atoms with E-state index in [9.17, 15) is 0 Å². The number of hydrogen-bond acceptors (Lipinski definition) is 3. The molecule has 1 heterocycles. The number of aryl methyl sites for hydroxylation is 2. The molecule has 0 aliphatic rings. The first-order valence-corrected chi connectivity index (χ1v) is 4.56. The van der Waals surface area contributed by atoms with Gasteiger partial charge in [-0.3, -0.25) is 4.98 Å². The van der Waals surface area contributed by atoms with Crippen molar-refractivity contribution >= 4 is 48.1 Å². The minimum absolute atomic E-state index is 0. The van der Waals surface area contributed by atoms with E-state index in [1.54, 1.807) is 0 Å². The van der Waals surface area contributed by atoms with Crippen molar-refractivity contribution in [3.63, 3.8) is 0 Å². The Morgan fingerprint density at radius 3 is 1.80 bits per heavy atom. The number of thiol groups is 1. The van der Waals surface area contributed by atoms with Gasteiger partial charge < -0.3 is 0 Å². The molecule has 0 aromatic carbocycles. The molecule has 8 heteroatoms. The maximum absolute atomic E-state index is 8.81. The van der Waals surface area contributed by atoms with Crippen molar-refractivity contribution in [1.82, 2.24) is 4.98 Å². The van der Waals surface area contributed by atoms with Gasteiger partial charge in [0.2, 0.25) is 0 Å². The van der Waals surface area contributed by atoms with Crippen LogP contribution in [-0.2, 0) is 10.9 Å². The largest absolute Gasteiger partial charge is 0.261 e. The zero-order valence-electron chi connectivity index (χ0n) is 8.25. The van der Waals surface area contributed by atoms with Crippen LogP contribution in [0.15, 0.2) is 18.3 Å². The van der Waals surface area contributed by atoms with Gasteiger partial charge >= 0.3 is 0 Å². The van der Waals surface area contributed by atoms with Gasteiger partial charge in [0, 0.05) is 11.9 Å². The Labute approximate surface area is 110 Å². The molecule has 1 aromatic rings. The minimum Gasteiger partial charge on any atom is -0.261 e. The third kappa shape index (κ3) is 16.6. The average molecular weight is 298 g/mol. The monoisotopic (exact) mass is 296 g/mol. The molecule has 0 saturated heterocycles. The summed E-state index contributed by atoms with van der Waals surface area (Å²) in [6, 6.07) is 4.00. The normalized spacial score (nSPS) is 7.20. The zero-order chi connectivity index (χ0) is 9.56. The predicted octanol–water partition coefficient (Wildman–Crippen LogP) is 1.44. The lowest BCUT2D eigenvalue weighted by molar-refractivity contribution is 0.616. The first kappa shape index (κ1) is 24.3. The van der Waals surface area contributed by atoms with Gasteiger partial charge in [0.15, 0.2) is 10.9 Å². The van der Waals surface area contributed by atoms with Crippen molar-refractivity contribution in [2.45, 2.75) is 13.8 Å². The van der Waals surface area contributed by atoms with Gasteiger partial charge in [-0.05, 0) is 25.5 Å². The molecular formula is C7H15Cl3N2O2S. The summed E-state index contributed by atoms with van der Waals surface area (Å²) >= 11 is 0. The fraction of sp³-hybridized carbons (Fsp3) is 0.286. The Kier molecular flexibility index (Phi) is 22.5. The summed E-state index contributed by atoms with van der Waals surface area (Å²) in [6.07, 6.45) is 1.81. The molecular weight excluding hydrogens is 283 g/mol. The predicted molar refractivity (Wildman–Crippen MR) is 70.0 cm³/mol. The lowest BCUT2D eigenvalue weighted by Gasteiger charge is -1.92. The summed E-state index contributed by atoms with van der Waals surface area (Å²) in [7, 11) is -2.62. The molecule has 1 aromatic heterocycles. The molecule has 0 aliphatic carbocycles. The summed E-state index contributed by atoms with van der Waals surface area (Å²) in [5, 5.41) is 4.06. The molecule has 1 rings (SSSR count). The molecule has 0 unspecified atom stereocenters. The van der Waals surface area contributed by atoms with E-state index in [0.29, 0.717) is 0 Å². The molecule has 0 atom stereocenters. The molecule has 4 nitrogen and oxygen atoms in total. The second kappa shape index (κ2) is 13.9. The standard InChI is InChI=1S/C7H9N.3ClH.H3NO2S/c1-6-4-3-5-8-7(6)2;;;;1-4(2)3/h3-5H,1-2H3;3*1H;4H,(H2,1,2,3). The number of aromatic nitrogens is 1. The van der Waals surface area contributed by atoms with E-state index in [0.717, 1.165) is 5.69 Å². The molecule has 0 aliphatic heterocycles. The van der Waals surface area contributed by atoms with Crippen LogP contribution in [0.5, 0.6) is 0 Å². The van der Waals surface area contributed by atoms with E-state index in [4.69, 9.17) is 8.42 Å². The minimum atomic E-state index is -2.62. The number of nitrogens with two attached hydrogens (primary N) is 1. The van der Waals surface area contributed by atoms with Gasteiger partial charge in [-0.1, -0.05) is 6.07 Å². The van der Waals surface area contributed by atoms with Crippen LogP contribution < -0.4 is 5.14 Å². The molecule has 92 valence electrons. The number of rotatable bonds is 0. The number of pyridine rings is 1. The van der Waals surface area contributed by atoms with Crippen LogP contribution in [0.1, 0.15) is 11.3 Å². The van der Waals surface area contributed by atoms with E-state index >= 15 is 0 Å². The summed E-state index contributed by atoms with van der Waals surface area (Å²) in [6.45, 7) is 4.07. The van der Waals surface area contributed by atoms with Crippen molar-refractivity contribution in [1.29, 1.82) is 0 Å². The van der Waals surface area contributed by atoms with E-state index < -0.39 is 10.9 Å². The Balaban J connectivity index is -0.0000000779. The number of nitrogens with zero attached hydrogens (tertiary/aromatic N) is 1. The zero-order valence-corrected chi connectivity index (χ0v) is 11.6. The van der Waals surface area contributed by atoms with E-state index in [-0.39, 0.29) is 37.2 Å². The molecule has 2 N–H and O–H groups in total. The molecule has 0 bridgehead atoms. The summed E-state index contributed by atoms with van der Waals surface area (Å²) < 4.78 is 17.6. The van der Waals surface area contributed by atoms with E-state index in [1.807, 2.05) is 19.2 Å². The van der Waals surface area contributed by atoms with Crippen molar-refractivity contribution < 1.29 is 8.42 Å². The molecule has 0 saturated carbocycles. The van der Waals surface area contributed by atoms with Crippen LogP contribution in [-0.4, -0.2) is 13.4 Å². The lowest BCUT2D eigenvalue weighted by atomic mass is 10.2. The number of hydrogen-bond donors (Lipinski definition) is 2. The average Bonchev–Trinajstić information content (AvgIpc) is 1.94. The summed E-state index contributed by atoms with van der Waals surface area (Å²) in [5.41, 5.74) is 2.38. The van der Waals surface area contributed by atoms with Crippen LogP contribution in [0.3, 0.4) is 0 Å².